The number of carbonyl (C=O) groups is 1. The summed E-state index contributed by atoms with van der Waals surface area (Å²) in [6, 6.07) is 6.34. The van der Waals surface area contributed by atoms with Crippen LogP contribution in [0.2, 0.25) is 5.02 Å². The molecular weight excluding hydrogens is 398 g/mol. The van der Waals surface area contributed by atoms with Crippen LogP contribution in [0.3, 0.4) is 0 Å². The number of amides is 1. The van der Waals surface area contributed by atoms with Crippen molar-refractivity contribution in [1.82, 2.24) is 20.6 Å². The molecule has 7 heteroatoms. The number of benzene rings is 1. The van der Waals surface area contributed by atoms with E-state index < -0.39 is 0 Å². The molecule has 1 aromatic heterocycles. The molecule has 30 heavy (non-hydrogen) atoms. The summed E-state index contributed by atoms with van der Waals surface area (Å²) in [5.41, 5.74) is 0.968. The number of fused-ring (bicyclic) bond motifs is 1. The summed E-state index contributed by atoms with van der Waals surface area (Å²) in [6.07, 6.45) is 5.95. The van der Waals surface area contributed by atoms with Gasteiger partial charge >= 0.3 is 0 Å². The van der Waals surface area contributed by atoms with Gasteiger partial charge in [0.25, 0.3) is 0 Å². The van der Waals surface area contributed by atoms with Crippen molar-refractivity contribution in [3.63, 3.8) is 0 Å². The third-order valence-electron chi connectivity index (χ3n) is 5.32. The van der Waals surface area contributed by atoms with Crippen LogP contribution in [0, 0.1) is 0 Å². The average molecular weight is 432 g/mol. The molecule has 2 aromatic rings. The highest BCUT2D eigenvalue weighted by Gasteiger charge is 2.25. The van der Waals surface area contributed by atoms with E-state index in [9.17, 15) is 4.79 Å². The fourth-order valence-electron chi connectivity index (χ4n) is 4.06. The lowest BCUT2D eigenvalue weighted by atomic mass is 9.89. The molecule has 1 heterocycles. The number of carbonyl (C=O) groups excluding carboxylic acids is 1. The van der Waals surface area contributed by atoms with E-state index in [1.807, 2.05) is 18.2 Å². The van der Waals surface area contributed by atoms with Gasteiger partial charge in [0.1, 0.15) is 11.6 Å². The van der Waals surface area contributed by atoms with E-state index in [4.69, 9.17) is 11.6 Å². The summed E-state index contributed by atoms with van der Waals surface area (Å²) < 4.78 is 0. The Bertz CT molecular complexity index is 872. The Hall–Kier alpha value is -1.92. The minimum Gasteiger partial charge on any atom is -0.360 e. The summed E-state index contributed by atoms with van der Waals surface area (Å²) >= 11 is 6.17. The number of nitrogens with zero attached hydrogens (tertiary/aromatic N) is 2. The maximum absolute atomic E-state index is 12.5. The number of anilines is 1. The molecule has 0 bridgehead atoms. The highest BCUT2D eigenvalue weighted by Crippen LogP contribution is 2.25. The summed E-state index contributed by atoms with van der Waals surface area (Å²) in [7, 11) is 0. The first-order chi connectivity index (χ1) is 14.2. The van der Waals surface area contributed by atoms with Crippen LogP contribution in [-0.4, -0.2) is 40.0 Å². The topological polar surface area (TPSA) is 78.9 Å². The van der Waals surface area contributed by atoms with E-state index in [2.05, 4.69) is 53.6 Å². The number of aromatic nitrogens is 2. The van der Waals surface area contributed by atoms with Crippen molar-refractivity contribution < 1.29 is 4.79 Å². The molecule has 0 spiro atoms. The standard InChI is InChI=1S/C23H34ClN5O/c1-5-6-20-27-19-12-7-15(24)13-18(19)22(28-20)25-14-21(30)26-16-8-10-17(11-9-16)29-23(2,3)4/h7,12-13,16-17,29H,5-6,8-11,14H2,1-4H3,(H,26,30)(H,25,27,28). The number of rotatable bonds is 7. The second-order valence-electron chi connectivity index (χ2n) is 9.26. The van der Waals surface area contributed by atoms with Gasteiger partial charge < -0.3 is 16.0 Å². The van der Waals surface area contributed by atoms with Gasteiger partial charge in [-0.3, -0.25) is 4.79 Å². The fraction of sp³-hybridized carbons (Fsp3) is 0.609. The SMILES string of the molecule is CCCc1nc(NCC(=O)NC2CCC(NC(C)(C)C)CC2)c2cc(Cl)ccc2n1. The quantitative estimate of drug-likeness (QED) is 0.603. The molecule has 3 rings (SSSR count). The van der Waals surface area contributed by atoms with E-state index in [0.29, 0.717) is 16.9 Å². The monoisotopic (exact) mass is 431 g/mol. The van der Waals surface area contributed by atoms with Crippen LogP contribution in [0.1, 0.15) is 65.6 Å². The molecule has 0 unspecified atom stereocenters. The van der Waals surface area contributed by atoms with Crippen LogP contribution in [-0.2, 0) is 11.2 Å². The summed E-state index contributed by atoms with van der Waals surface area (Å²) in [4.78, 5) is 21.8. The van der Waals surface area contributed by atoms with E-state index in [1.165, 1.54) is 0 Å². The Balaban J connectivity index is 1.57. The molecule has 1 amide bonds. The van der Waals surface area contributed by atoms with Gasteiger partial charge in [0.05, 0.1) is 12.1 Å². The van der Waals surface area contributed by atoms with Crippen LogP contribution in [0.15, 0.2) is 18.2 Å². The van der Waals surface area contributed by atoms with Crippen molar-refractivity contribution in [2.75, 3.05) is 11.9 Å². The minimum absolute atomic E-state index is 0.00642. The highest BCUT2D eigenvalue weighted by molar-refractivity contribution is 6.31. The van der Waals surface area contributed by atoms with Gasteiger partial charge in [0.15, 0.2) is 0 Å². The van der Waals surface area contributed by atoms with Crippen molar-refractivity contribution in [1.29, 1.82) is 0 Å². The molecule has 3 N–H and O–H groups in total. The van der Waals surface area contributed by atoms with Crippen molar-refractivity contribution in [2.24, 2.45) is 0 Å². The number of nitrogens with one attached hydrogen (secondary N) is 3. The number of hydrogen-bond donors (Lipinski definition) is 3. The van der Waals surface area contributed by atoms with Gasteiger partial charge in [-0.15, -0.1) is 0 Å². The summed E-state index contributed by atoms with van der Waals surface area (Å²) in [6.45, 7) is 8.87. The molecule has 1 fully saturated rings. The second-order valence-corrected chi connectivity index (χ2v) is 9.70. The lowest BCUT2D eigenvalue weighted by molar-refractivity contribution is -0.120. The Morgan fingerprint density at radius 2 is 1.83 bits per heavy atom. The van der Waals surface area contributed by atoms with Gasteiger partial charge in [0, 0.05) is 34.5 Å². The van der Waals surface area contributed by atoms with Crippen molar-refractivity contribution in [3.8, 4) is 0 Å². The molecule has 0 aliphatic heterocycles. The molecule has 1 aliphatic carbocycles. The van der Waals surface area contributed by atoms with E-state index in [-0.39, 0.29) is 24.0 Å². The van der Waals surface area contributed by atoms with Gasteiger partial charge in [-0.1, -0.05) is 18.5 Å². The number of halogens is 1. The third kappa shape index (κ3) is 6.54. The minimum atomic E-state index is -0.00642. The van der Waals surface area contributed by atoms with Gasteiger partial charge in [0.2, 0.25) is 5.91 Å². The fourth-order valence-corrected chi connectivity index (χ4v) is 4.23. The zero-order chi connectivity index (χ0) is 21.7. The Kier molecular flexibility index (Phi) is 7.53. The smallest absolute Gasteiger partial charge is 0.239 e. The Morgan fingerprint density at radius 1 is 1.13 bits per heavy atom. The van der Waals surface area contributed by atoms with Gasteiger partial charge in [-0.05, 0) is 71.1 Å². The van der Waals surface area contributed by atoms with Crippen molar-refractivity contribution >= 4 is 34.2 Å². The molecule has 6 nitrogen and oxygen atoms in total. The largest absolute Gasteiger partial charge is 0.360 e. The first kappa shape index (κ1) is 22.8. The van der Waals surface area contributed by atoms with E-state index >= 15 is 0 Å². The lowest BCUT2D eigenvalue weighted by Crippen LogP contribution is -2.48. The van der Waals surface area contributed by atoms with Gasteiger partial charge in [-0.2, -0.15) is 0 Å². The van der Waals surface area contributed by atoms with Crippen LogP contribution < -0.4 is 16.0 Å². The maximum Gasteiger partial charge on any atom is 0.239 e. The predicted molar refractivity (Wildman–Crippen MR) is 124 cm³/mol. The maximum atomic E-state index is 12.5. The molecule has 1 aromatic carbocycles. The van der Waals surface area contributed by atoms with Crippen molar-refractivity contribution in [2.45, 2.75) is 83.8 Å². The molecule has 1 saturated carbocycles. The first-order valence-corrected chi connectivity index (χ1v) is 11.4. The second kappa shape index (κ2) is 9.92. The third-order valence-corrected chi connectivity index (χ3v) is 5.56. The number of hydrogen-bond acceptors (Lipinski definition) is 5. The molecular formula is C23H34ClN5O. The zero-order valence-electron chi connectivity index (χ0n) is 18.5. The van der Waals surface area contributed by atoms with Gasteiger partial charge in [-0.25, -0.2) is 9.97 Å². The normalized spacial score (nSPS) is 19.6. The lowest BCUT2D eigenvalue weighted by Gasteiger charge is -2.34. The van der Waals surface area contributed by atoms with Crippen LogP contribution in [0.5, 0.6) is 0 Å². The highest BCUT2D eigenvalue weighted by atomic mass is 35.5. The first-order valence-electron chi connectivity index (χ1n) is 11.0. The molecule has 0 atom stereocenters. The van der Waals surface area contributed by atoms with E-state index in [0.717, 1.165) is 55.3 Å². The predicted octanol–water partition coefficient (Wildman–Crippen LogP) is 4.46. The molecule has 0 radical (unpaired) electrons. The molecule has 1 aliphatic rings. The van der Waals surface area contributed by atoms with Crippen LogP contribution in [0.25, 0.3) is 10.9 Å². The van der Waals surface area contributed by atoms with E-state index in [1.54, 1.807) is 0 Å². The average Bonchev–Trinajstić information content (AvgIpc) is 2.67. The Labute approximate surface area is 184 Å². The Morgan fingerprint density at radius 3 is 2.50 bits per heavy atom. The summed E-state index contributed by atoms with van der Waals surface area (Å²) in [5, 5.41) is 11.5. The summed E-state index contributed by atoms with van der Waals surface area (Å²) in [5.74, 6) is 1.44. The molecule has 164 valence electrons. The van der Waals surface area contributed by atoms with Crippen molar-refractivity contribution in [3.05, 3.63) is 29.0 Å². The van der Waals surface area contributed by atoms with Crippen LogP contribution in [0.4, 0.5) is 5.82 Å². The zero-order valence-corrected chi connectivity index (χ0v) is 19.3. The number of aryl methyl sites for hydroxylation is 1. The van der Waals surface area contributed by atoms with Crippen LogP contribution >= 0.6 is 11.6 Å². The molecule has 0 saturated heterocycles.